The molecule has 1 aliphatic rings. The summed E-state index contributed by atoms with van der Waals surface area (Å²) in [5.74, 6) is 0.0249. The molecule has 3 rings (SSSR count). The smallest absolute Gasteiger partial charge is 0.326 e. The Balaban J connectivity index is 1.84. The van der Waals surface area contributed by atoms with Gasteiger partial charge in [0.25, 0.3) is 5.91 Å². The molecule has 1 aliphatic carbocycles. The highest BCUT2D eigenvalue weighted by molar-refractivity contribution is 7.98. The van der Waals surface area contributed by atoms with Crippen molar-refractivity contribution in [1.29, 1.82) is 0 Å². The van der Waals surface area contributed by atoms with Crippen LogP contribution in [-0.2, 0) is 17.6 Å². The average Bonchev–Trinajstić information content (AvgIpc) is 2.95. The van der Waals surface area contributed by atoms with E-state index >= 15 is 0 Å². The van der Waals surface area contributed by atoms with Crippen LogP contribution in [0.2, 0.25) is 0 Å². The van der Waals surface area contributed by atoms with Crippen LogP contribution in [0.15, 0.2) is 18.2 Å². The van der Waals surface area contributed by atoms with Gasteiger partial charge in [0.2, 0.25) is 0 Å². The molecule has 0 radical (unpaired) electrons. The van der Waals surface area contributed by atoms with Crippen molar-refractivity contribution in [2.45, 2.75) is 38.6 Å². The molecule has 0 fully saturated rings. The molecule has 2 atom stereocenters. The van der Waals surface area contributed by atoms with E-state index in [1.807, 2.05) is 18.4 Å². The highest BCUT2D eigenvalue weighted by atomic mass is 32.2. The van der Waals surface area contributed by atoms with Gasteiger partial charge in [-0.15, -0.1) is 0 Å². The number of aromatic nitrogens is 1. The second-order valence-corrected chi connectivity index (χ2v) is 7.82. The molecular weight excluding hydrogens is 336 g/mol. The molecule has 25 heavy (non-hydrogen) atoms. The topological polar surface area (TPSA) is 82.2 Å². The van der Waals surface area contributed by atoms with Gasteiger partial charge in [-0.3, -0.25) is 4.79 Å². The van der Waals surface area contributed by atoms with Crippen molar-refractivity contribution in [1.82, 2.24) is 10.3 Å². The molecule has 1 aromatic heterocycles. The molecule has 1 heterocycles. The van der Waals surface area contributed by atoms with Crippen LogP contribution in [0.3, 0.4) is 0 Å². The van der Waals surface area contributed by atoms with Crippen molar-refractivity contribution in [3.05, 3.63) is 35.0 Å². The zero-order valence-corrected chi connectivity index (χ0v) is 15.4. The summed E-state index contributed by atoms with van der Waals surface area (Å²) >= 11 is 1.57. The summed E-state index contributed by atoms with van der Waals surface area (Å²) in [6.07, 6.45) is 5.59. The predicted molar refractivity (Wildman–Crippen MR) is 101 cm³/mol. The number of carboxylic acids is 1. The lowest BCUT2D eigenvalue weighted by Gasteiger charge is -2.18. The monoisotopic (exact) mass is 360 g/mol. The fourth-order valence-electron chi connectivity index (χ4n) is 3.47. The van der Waals surface area contributed by atoms with Gasteiger partial charge in [-0.2, -0.15) is 11.8 Å². The van der Waals surface area contributed by atoms with E-state index in [4.69, 9.17) is 0 Å². The Morgan fingerprint density at radius 3 is 2.96 bits per heavy atom. The fraction of sp³-hybridized carbons (Fsp3) is 0.474. The Morgan fingerprint density at radius 1 is 1.44 bits per heavy atom. The maximum atomic E-state index is 12.5. The van der Waals surface area contributed by atoms with E-state index in [2.05, 4.69) is 17.2 Å². The van der Waals surface area contributed by atoms with Crippen LogP contribution in [0, 0.1) is 5.92 Å². The number of aromatic amines is 1. The molecule has 2 unspecified atom stereocenters. The molecule has 0 spiro atoms. The fourth-order valence-corrected chi connectivity index (χ4v) is 3.94. The number of carboxylic acid groups (broad SMARTS) is 1. The quantitative estimate of drug-likeness (QED) is 0.739. The Hall–Kier alpha value is -1.95. The summed E-state index contributed by atoms with van der Waals surface area (Å²) in [7, 11) is 0. The summed E-state index contributed by atoms with van der Waals surface area (Å²) in [6.45, 7) is 2.25. The van der Waals surface area contributed by atoms with E-state index < -0.39 is 12.0 Å². The third-order valence-electron chi connectivity index (χ3n) is 4.91. The minimum atomic E-state index is -0.990. The first kappa shape index (κ1) is 17.9. The molecule has 1 aromatic carbocycles. The molecule has 0 aliphatic heterocycles. The van der Waals surface area contributed by atoms with Gasteiger partial charge in [-0.05, 0) is 67.4 Å². The van der Waals surface area contributed by atoms with E-state index in [0.29, 0.717) is 23.7 Å². The minimum absolute atomic E-state index is 0.325. The normalized spacial score (nSPS) is 17.9. The third kappa shape index (κ3) is 3.84. The van der Waals surface area contributed by atoms with Crippen molar-refractivity contribution < 1.29 is 14.7 Å². The zero-order valence-electron chi connectivity index (χ0n) is 14.6. The van der Waals surface area contributed by atoms with Crippen LogP contribution >= 0.6 is 11.8 Å². The predicted octanol–water partition coefficient (Wildman–Crippen LogP) is 3.23. The largest absolute Gasteiger partial charge is 0.480 e. The first-order valence-corrected chi connectivity index (χ1v) is 10.0. The minimum Gasteiger partial charge on any atom is -0.480 e. The summed E-state index contributed by atoms with van der Waals surface area (Å²) in [5, 5.41) is 13.0. The van der Waals surface area contributed by atoms with Crippen LogP contribution in [-0.4, -0.2) is 40.0 Å². The average molecular weight is 360 g/mol. The number of aryl methyl sites for hydroxylation is 1. The number of rotatable bonds is 6. The molecular formula is C19H24N2O3S. The molecule has 1 amide bonds. The molecule has 0 bridgehead atoms. The highest BCUT2D eigenvalue weighted by Crippen LogP contribution is 2.32. The number of thioether (sulfide) groups is 1. The Bertz CT molecular complexity index is 799. The molecule has 0 saturated heterocycles. The maximum absolute atomic E-state index is 12.5. The summed E-state index contributed by atoms with van der Waals surface area (Å²) in [6, 6.07) is 4.73. The van der Waals surface area contributed by atoms with Gasteiger partial charge in [0.15, 0.2) is 0 Å². The van der Waals surface area contributed by atoms with Crippen molar-refractivity contribution in [2.24, 2.45) is 5.92 Å². The summed E-state index contributed by atoms with van der Waals surface area (Å²) in [5.41, 5.74) is 4.14. The first-order valence-electron chi connectivity index (χ1n) is 8.65. The lowest BCUT2D eigenvalue weighted by molar-refractivity contribution is -0.139. The Labute approximate surface area is 151 Å². The van der Waals surface area contributed by atoms with E-state index in [9.17, 15) is 14.7 Å². The van der Waals surface area contributed by atoms with Gasteiger partial charge in [-0.25, -0.2) is 4.79 Å². The van der Waals surface area contributed by atoms with E-state index in [-0.39, 0.29) is 5.91 Å². The van der Waals surface area contributed by atoms with Crippen LogP contribution in [0.5, 0.6) is 0 Å². The van der Waals surface area contributed by atoms with Crippen molar-refractivity contribution in [2.75, 3.05) is 12.0 Å². The van der Waals surface area contributed by atoms with E-state index in [1.165, 1.54) is 17.7 Å². The van der Waals surface area contributed by atoms with Crippen molar-refractivity contribution >= 4 is 34.5 Å². The molecule has 6 heteroatoms. The lowest BCUT2D eigenvalue weighted by atomic mass is 9.87. The molecule has 134 valence electrons. The second-order valence-electron chi connectivity index (χ2n) is 6.84. The number of aliphatic carboxylic acids is 1. The van der Waals surface area contributed by atoms with Gasteiger partial charge >= 0.3 is 5.97 Å². The van der Waals surface area contributed by atoms with Gasteiger partial charge in [0.1, 0.15) is 6.04 Å². The van der Waals surface area contributed by atoms with Gasteiger partial charge in [0, 0.05) is 22.2 Å². The van der Waals surface area contributed by atoms with Gasteiger partial charge in [-0.1, -0.05) is 6.92 Å². The molecule has 5 nitrogen and oxygen atoms in total. The SMILES string of the molecule is CSCCC(NC(=O)c1ccc2[nH]c3c(c2c1)CC(C)CC3)C(=O)O. The van der Waals surface area contributed by atoms with Crippen LogP contribution in [0.1, 0.15) is 41.4 Å². The maximum Gasteiger partial charge on any atom is 0.326 e. The van der Waals surface area contributed by atoms with Crippen molar-refractivity contribution in [3.8, 4) is 0 Å². The Kier molecular flexibility index (Phi) is 5.37. The van der Waals surface area contributed by atoms with E-state index in [1.54, 1.807) is 17.8 Å². The van der Waals surface area contributed by atoms with E-state index in [0.717, 1.165) is 23.7 Å². The van der Waals surface area contributed by atoms with Crippen LogP contribution < -0.4 is 5.32 Å². The number of nitrogens with one attached hydrogen (secondary N) is 2. The summed E-state index contributed by atoms with van der Waals surface area (Å²) < 4.78 is 0. The van der Waals surface area contributed by atoms with Gasteiger partial charge in [0.05, 0.1) is 0 Å². The zero-order chi connectivity index (χ0) is 18.0. The number of H-pyrrole nitrogens is 1. The van der Waals surface area contributed by atoms with Crippen LogP contribution in [0.4, 0.5) is 0 Å². The number of hydrogen-bond acceptors (Lipinski definition) is 3. The number of carbonyl (C=O) groups excluding carboxylic acids is 1. The second kappa shape index (κ2) is 7.52. The van der Waals surface area contributed by atoms with Gasteiger partial charge < -0.3 is 15.4 Å². The molecule has 0 saturated carbocycles. The summed E-state index contributed by atoms with van der Waals surface area (Å²) in [4.78, 5) is 27.3. The van der Waals surface area contributed by atoms with Crippen LogP contribution in [0.25, 0.3) is 10.9 Å². The Morgan fingerprint density at radius 2 is 2.24 bits per heavy atom. The number of carbonyl (C=O) groups is 2. The standard InChI is InChI=1S/C19H24N2O3S/c1-11-3-5-15-13(9-11)14-10-12(4-6-16(14)20-15)18(22)21-17(19(23)24)7-8-25-2/h4,6,10-11,17,20H,3,5,7-9H2,1-2H3,(H,21,22)(H,23,24). The highest BCUT2D eigenvalue weighted by Gasteiger charge is 2.23. The third-order valence-corrected chi connectivity index (χ3v) is 5.55. The first-order chi connectivity index (χ1) is 12.0. The van der Waals surface area contributed by atoms with Crippen molar-refractivity contribution in [3.63, 3.8) is 0 Å². The number of fused-ring (bicyclic) bond motifs is 3. The number of benzene rings is 1. The lowest BCUT2D eigenvalue weighted by Crippen LogP contribution is -2.41. The molecule has 3 N–H and O–H groups in total. The number of hydrogen-bond donors (Lipinski definition) is 3. The number of amides is 1. The molecule has 2 aromatic rings.